The van der Waals surface area contributed by atoms with Crippen molar-refractivity contribution in [3.63, 3.8) is 0 Å². The van der Waals surface area contributed by atoms with Crippen molar-refractivity contribution in [3.05, 3.63) is 23.8 Å². The number of nitrogens with zero attached hydrogens (tertiary/aromatic N) is 2. The minimum Gasteiger partial charge on any atom is -0.465 e. The largest absolute Gasteiger partial charge is 0.465 e. The summed E-state index contributed by atoms with van der Waals surface area (Å²) >= 11 is 0. The smallest absolute Gasteiger partial charge is 0.340 e. The van der Waals surface area contributed by atoms with E-state index in [1.807, 2.05) is 4.90 Å². The fourth-order valence-electron chi connectivity index (χ4n) is 2.08. The van der Waals surface area contributed by atoms with Crippen LogP contribution in [0.2, 0.25) is 0 Å². The van der Waals surface area contributed by atoms with Gasteiger partial charge < -0.3 is 20.3 Å². The topological polar surface area (TPSA) is 75.9 Å². The van der Waals surface area contributed by atoms with Gasteiger partial charge in [0.15, 0.2) is 0 Å². The van der Waals surface area contributed by atoms with Crippen LogP contribution in [0.5, 0.6) is 0 Å². The van der Waals surface area contributed by atoms with E-state index in [4.69, 9.17) is 5.73 Å². The van der Waals surface area contributed by atoms with Gasteiger partial charge in [-0.3, -0.25) is 4.79 Å². The number of benzene rings is 1. The fraction of sp³-hybridized carbons (Fsp3) is 0.385. The Morgan fingerprint density at radius 3 is 2.74 bits per heavy atom. The number of esters is 1. The number of hydrogen-bond acceptors (Lipinski definition) is 5. The Labute approximate surface area is 111 Å². The molecule has 102 valence electrons. The van der Waals surface area contributed by atoms with E-state index in [0.717, 1.165) is 0 Å². The Bertz CT molecular complexity index is 516. The minimum absolute atomic E-state index is 0.0362. The first-order valence-electron chi connectivity index (χ1n) is 6.00. The van der Waals surface area contributed by atoms with Gasteiger partial charge in [-0.1, -0.05) is 6.07 Å². The fourth-order valence-corrected chi connectivity index (χ4v) is 2.08. The van der Waals surface area contributed by atoms with E-state index in [2.05, 4.69) is 4.74 Å². The number of carbonyl (C=O) groups excluding carboxylic acids is 2. The number of hydrogen-bond donors (Lipinski definition) is 1. The molecule has 6 heteroatoms. The molecule has 1 aliphatic rings. The van der Waals surface area contributed by atoms with Crippen LogP contribution in [-0.4, -0.2) is 50.6 Å². The molecule has 2 rings (SSSR count). The molecule has 0 aromatic heterocycles. The van der Waals surface area contributed by atoms with Crippen molar-refractivity contribution in [3.8, 4) is 0 Å². The lowest BCUT2D eigenvalue weighted by molar-refractivity contribution is -0.129. The highest BCUT2D eigenvalue weighted by atomic mass is 16.5. The molecule has 0 saturated carbocycles. The summed E-state index contributed by atoms with van der Waals surface area (Å²) in [6, 6.07) is 5.16. The lowest BCUT2D eigenvalue weighted by Gasteiger charge is -2.34. The van der Waals surface area contributed by atoms with Crippen LogP contribution in [-0.2, 0) is 9.53 Å². The molecule has 1 aliphatic heterocycles. The maximum Gasteiger partial charge on any atom is 0.340 e. The summed E-state index contributed by atoms with van der Waals surface area (Å²) < 4.78 is 4.68. The van der Waals surface area contributed by atoms with Crippen LogP contribution in [0.3, 0.4) is 0 Å². The van der Waals surface area contributed by atoms with Crippen LogP contribution >= 0.6 is 0 Å². The third-order valence-electron chi connectivity index (χ3n) is 3.29. The first kappa shape index (κ1) is 13.2. The zero-order valence-electron chi connectivity index (χ0n) is 11.0. The summed E-state index contributed by atoms with van der Waals surface area (Å²) in [6.07, 6.45) is 0. The van der Waals surface area contributed by atoms with Crippen molar-refractivity contribution < 1.29 is 14.3 Å². The van der Waals surface area contributed by atoms with Gasteiger partial charge in [0.2, 0.25) is 5.91 Å². The number of rotatable bonds is 2. The highest BCUT2D eigenvalue weighted by molar-refractivity contribution is 5.99. The molecule has 0 spiro atoms. The van der Waals surface area contributed by atoms with Gasteiger partial charge in [0, 0.05) is 20.1 Å². The van der Waals surface area contributed by atoms with E-state index in [-0.39, 0.29) is 12.5 Å². The predicted octanol–water partition coefficient (Wildman–Crippen LogP) is 0.334. The number of nitrogen functional groups attached to an aromatic ring is 1. The van der Waals surface area contributed by atoms with Crippen molar-refractivity contribution >= 4 is 23.3 Å². The number of amides is 1. The number of anilines is 2. The first-order valence-corrected chi connectivity index (χ1v) is 6.00. The molecule has 0 radical (unpaired) electrons. The van der Waals surface area contributed by atoms with Crippen LogP contribution in [0.25, 0.3) is 0 Å². The normalized spacial score (nSPS) is 15.6. The second-order valence-corrected chi connectivity index (χ2v) is 4.47. The Balaban J connectivity index is 2.30. The monoisotopic (exact) mass is 263 g/mol. The quantitative estimate of drug-likeness (QED) is 0.615. The first-order chi connectivity index (χ1) is 9.04. The number of carbonyl (C=O) groups is 2. The molecule has 19 heavy (non-hydrogen) atoms. The predicted molar refractivity (Wildman–Crippen MR) is 72.0 cm³/mol. The maximum atomic E-state index is 11.7. The van der Waals surface area contributed by atoms with Gasteiger partial charge in [-0.05, 0) is 12.1 Å². The lowest BCUT2D eigenvalue weighted by Crippen LogP contribution is -2.48. The molecule has 0 unspecified atom stereocenters. The number of ether oxygens (including phenoxy) is 1. The zero-order valence-corrected chi connectivity index (χ0v) is 11.0. The highest BCUT2D eigenvalue weighted by Gasteiger charge is 2.24. The van der Waals surface area contributed by atoms with Crippen molar-refractivity contribution in [2.75, 3.05) is 44.4 Å². The number of methoxy groups -OCH3 is 1. The van der Waals surface area contributed by atoms with E-state index in [1.165, 1.54) is 7.11 Å². The lowest BCUT2D eigenvalue weighted by atomic mass is 10.1. The molecular weight excluding hydrogens is 246 g/mol. The van der Waals surface area contributed by atoms with Crippen LogP contribution in [0.1, 0.15) is 10.4 Å². The summed E-state index contributed by atoms with van der Waals surface area (Å²) in [5.74, 6) is -0.436. The van der Waals surface area contributed by atoms with Gasteiger partial charge in [0.25, 0.3) is 0 Å². The zero-order chi connectivity index (χ0) is 14.0. The van der Waals surface area contributed by atoms with E-state index in [0.29, 0.717) is 30.0 Å². The van der Waals surface area contributed by atoms with Crippen LogP contribution in [0.15, 0.2) is 18.2 Å². The molecule has 1 aromatic carbocycles. The summed E-state index contributed by atoms with van der Waals surface area (Å²) in [6.45, 7) is 1.60. The molecule has 2 N–H and O–H groups in total. The standard InChI is InChI=1S/C13H17N3O3/c1-15-6-7-16(8-11(15)17)10-5-3-4-9(12(10)14)13(18)19-2/h3-5H,6-8,14H2,1-2H3. The third-order valence-corrected chi connectivity index (χ3v) is 3.29. The molecule has 0 bridgehead atoms. The Morgan fingerprint density at radius 1 is 1.37 bits per heavy atom. The van der Waals surface area contributed by atoms with E-state index >= 15 is 0 Å². The second kappa shape index (κ2) is 5.17. The number of piperazine rings is 1. The number of nitrogens with two attached hydrogens (primary N) is 1. The second-order valence-electron chi connectivity index (χ2n) is 4.47. The van der Waals surface area contributed by atoms with Crippen LogP contribution in [0, 0.1) is 0 Å². The molecule has 1 saturated heterocycles. The van der Waals surface area contributed by atoms with Crippen LogP contribution in [0.4, 0.5) is 11.4 Å². The van der Waals surface area contributed by atoms with Gasteiger partial charge in [0.05, 0.1) is 30.6 Å². The molecule has 0 atom stereocenters. The van der Waals surface area contributed by atoms with E-state index < -0.39 is 5.97 Å². The molecule has 1 amide bonds. The highest BCUT2D eigenvalue weighted by Crippen LogP contribution is 2.28. The summed E-state index contributed by atoms with van der Waals surface area (Å²) in [5.41, 5.74) is 7.38. The van der Waals surface area contributed by atoms with Crippen molar-refractivity contribution in [2.24, 2.45) is 0 Å². The Morgan fingerprint density at radius 2 is 2.11 bits per heavy atom. The maximum absolute atomic E-state index is 11.7. The molecule has 0 aliphatic carbocycles. The number of para-hydroxylation sites is 1. The molecule has 1 fully saturated rings. The molecule has 1 aromatic rings. The van der Waals surface area contributed by atoms with Gasteiger partial charge >= 0.3 is 5.97 Å². The Hall–Kier alpha value is -2.24. The van der Waals surface area contributed by atoms with Crippen molar-refractivity contribution in [2.45, 2.75) is 0 Å². The van der Waals surface area contributed by atoms with Gasteiger partial charge in [-0.15, -0.1) is 0 Å². The van der Waals surface area contributed by atoms with E-state index in [1.54, 1.807) is 30.1 Å². The van der Waals surface area contributed by atoms with Gasteiger partial charge in [-0.25, -0.2) is 4.79 Å². The van der Waals surface area contributed by atoms with Gasteiger partial charge in [-0.2, -0.15) is 0 Å². The average molecular weight is 263 g/mol. The van der Waals surface area contributed by atoms with Gasteiger partial charge in [0.1, 0.15) is 0 Å². The number of likely N-dealkylation sites (N-methyl/N-ethyl adjacent to an activating group) is 1. The molecule has 1 heterocycles. The SMILES string of the molecule is COC(=O)c1cccc(N2CCN(C)C(=O)C2)c1N. The van der Waals surface area contributed by atoms with Crippen molar-refractivity contribution in [1.29, 1.82) is 0 Å². The minimum atomic E-state index is -0.472. The Kier molecular flexibility index (Phi) is 3.59. The van der Waals surface area contributed by atoms with Crippen molar-refractivity contribution in [1.82, 2.24) is 4.90 Å². The summed E-state index contributed by atoms with van der Waals surface area (Å²) in [4.78, 5) is 26.9. The molecular formula is C13H17N3O3. The third kappa shape index (κ3) is 2.47. The van der Waals surface area contributed by atoms with Crippen LogP contribution < -0.4 is 10.6 Å². The summed E-state index contributed by atoms with van der Waals surface area (Å²) in [7, 11) is 3.09. The molecule has 6 nitrogen and oxygen atoms in total. The van der Waals surface area contributed by atoms with E-state index in [9.17, 15) is 9.59 Å². The average Bonchev–Trinajstić information content (AvgIpc) is 2.41. The summed E-state index contributed by atoms with van der Waals surface area (Å²) in [5, 5.41) is 0.